The van der Waals surface area contributed by atoms with Gasteiger partial charge in [-0.2, -0.15) is 5.10 Å². The number of hydrogen-bond acceptors (Lipinski definition) is 5. The lowest BCUT2D eigenvalue weighted by molar-refractivity contribution is 0.0734. The molecule has 1 amide bonds. The normalized spacial score (nSPS) is 10.6. The number of rotatable bonds is 8. The molecule has 1 N–H and O–H groups in total. The molecule has 0 aromatic heterocycles. The van der Waals surface area contributed by atoms with E-state index in [0.717, 1.165) is 10.0 Å². The Labute approximate surface area is 194 Å². The number of halogens is 1. The van der Waals surface area contributed by atoms with Crippen molar-refractivity contribution in [1.29, 1.82) is 0 Å². The maximum absolute atomic E-state index is 12.5. The molecule has 3 aromatic carbocycles. The zero-order valence-corrected chi connectivity index (χ0v) is 19.0. The Morgan fingerprint density at radius 3 is 2.56 bits per heavy atom. The summed E-state index contributed by atoms with van der Waals surface area (Å²) in [4.78, 5) is 24.8. The molecule has 0 aliphatic heterocycles. The molecule has 0 unspecified atom stereocenters. The third-order valence-electron chi connectivity index (χ3n) is 4.28. The number of carbonyl (C=O) groups is 2. The van der Waals surface area contributed by atoms with E-state index in [4.69, 9.17) is 9.47 Å². The first-order valence-corrected chi connectivity index (χ1v) is 10.5. The molecule has 162 valence electrons. The summed E-state index contributed by atoms with van der Waals surface area (Å²) in [5.41, 5.74) is 4.82. The van der Waals surface area contributed by atoms with Crippen molar-refractivity contribution in [3.05, 3.63) is 106 Å². The van der Waals surface area contributed by atoms with Crippen molar-refractivity contribution in [3.63, 3.8) is 0 Å². The van der Waals surface area contributed by atoms with Gasteiger partial charge >= 0.3 is 5.97 Å². The van der Waals surface area contributed by atoms with Crippen molar-refractivity contribution in [2.75, 3.05) is 6.61 Å². The van der Waals surface area contributed by atoms with E-state index in [9.17, 15) is 9.59 Å². The SMILES string of the molecule is C=CCOc1ccc(C(=O)N/N=C\c2cc(Br)ccc2OC(=O)c2cccc(C)c2)cc1. The molecule has 0 radical (unpaired) electrons. The number of aryl methyl sites for hydroxylation is 1. The minimum Gasteiger partial charge on any atom is -0.490 e. The third kappa shape index (κ3) is 6.39. The first-order valence-electron chi connectivity index (χ1n) is 9.72. The molecule has 0 fully saturated rings. The van der Waals surface area contributed by atoms with Crippen molar-refractivity contribution in [2.24, 2.45) is 5.10 Å². The van der Waals surface area contributed by atoms with Gasteiger partial charge in [0.25, 0.3) is 5.91 Å². The van der Waals surface area contributed by atoms with Crippen molar-refractivity contribution in [2.45, 2.75) is 6.92 Å². The van der Waals surface area contributed by atoms with Gasteiger partial charge in [0.1, 0.15) is 18.1 Å². The van der Waals surface area contributed by atoms with Crippen LogP contribution < -0.4 is 14.9 Å². The maximum atomic E-state index is 12.5. The second-order valence-electron chi connectivity index (χ2n) is 6.76. The van der Waals surface area contributed by atoms with Gasteiger partial charge in [0.15, 0.2) is 0 Å². The van der Waals surface area contributed by atoms with E-state index >= 15 is 0 Å². The smallest absolute Gasteiger partial charge is 0.343 e. The summed E-state index contributed by atoms with van der Waals surface area (Å²) in [6.07, 6.45) is 3.06. The van der Waals surface area contributed by atoms with E-state index in [2.05, 4.69) is 33.0 Å². The summed E-state index contributed by atoms with van der Waals surface area (Å²) in [6.45, 7) is 5.88. The molecule has 3 rings (SSSR count). The van der Waals surface area contributed by atoms with Crippen LogP contribution in [0.1, 0.15) is 31.8 Å². The zero-order chi connectivity index (χ0) is 22.9. The highest BCUT2D eigenvalue weighted by Crippen LogP contribution is 2.23. The first-order chi connectivity index (χ1) is 15.5. The molecule has 0 saturated heterocycles. The molecule has 0 saturated carbocycles. The lowest BCUT2D eigenvalue weighted by Crippen LogP contribution is -2.17. The molecule has 0 heterocycles. The Hall–Kier alpha value is -3.71. The molecule has 0 aliphatic carbocycles. The summed E-state index contributed by atoms with van der Waals surface area (Å²) < 4.78 is 11.7. The molecule has 0 spiro atoms. The summed E-state index contributed by atoms with van der Waals surface area (Å²) in [5.74, 6) is 0.0962. The van der Waals surface area contributed by atoms with Gasteiger partial charge in [0.2, 0.25) is 0 Å². The van der Waals surface area contributed by atoms with E-state index in [0.29, 0.717) is 34.8 Å². The summed E-state index contributed by atoms with van der Waals surface area (Å²) in [7, 11) is 0. The fourth-order valence-electron chi connectivity index (χ4n) is 2.73. The van der Waals surface area contributed by atoms with Crippen LogP contribution in [0.15, 0.2) is 89.0 Å². The molecular weight excluding hydrogens is 472 g/mol. The van der Waals surface area contributed by atoms with Gasteiger partial charge in [-0.25, -0.2) is 10.2 Å². The number of carbonyl (C=O) groups excluding carboxylic acids is 2. The van der Waals surface area contributed by atoms with Gasteiger partial charge in [0.05, 0.1) is 11.8 Å². The van der Waals surface area contributed by atoms with Crippen molar-refractivity contribution >= 4 is 34.0 Å². The fraction of sp³-hybridized carbons (Fsp3) is 0.0800. The number of nitrogens with one attached hydrogen (secondary N) is 1. The van der Waals surface area contributed by atoms with Gasteiger partial charge in [-0.05, 0) is 61.5 Å². The van der Waals surface area contributed by atoms with Crippen LogP contribution in [-0.4, -0.2) is 24.7 Å². The average molecular weight is 493 g/mol. The van der Waals surface area contributed by atoms with Gasteiger partial charge in [-0.1, -0.05) is 46.3 Å². The number of hydrazone groups is 1. The predicted octanol–water partition coefficient (Wildman–Crippen LogP) is 5.31. The molecular formula is C25H21BrN2O4. The quantitative estimate of drug-likeness (QED) is 0.152. The van der Waals surface area contributed by atoms with Gasteiger partial charge < -0.3 is 9.47 Å². The van der Waals surface area contributed by atoms with E-state index in [1.165, 1.54) is 6.21 Å². The predicted molar refractivity (Wildman–Crippen MR) is 127 cm³/mol. The van der Waals surface area contributed by atoms with Crippen LogP contribution in [0.4, 0.5) is 0 Å². The maximum Gasteiger partial charge on any atom is 0.343 e. The summed E-state index contributed by atoms with van der Waals surface area (Å²) in [5, 5.41) is 4.00. The number of ether oxygens (including phenoxy) is 2. The minimum atomic E-state index is -0.478. The van der Waals surface area contributed by atoms with Crippen molar-refractivity contribution in [1.82, 2.24) is 5.43 Å². The monoisotopic (exact) mass is 492 g/mol. The highest BCUT2D eigenvalue weighted by atomic mass is 79.9. The fourth-order valence-corrected chi connectivity index (χ4v) is 3.11. The first kappa shape index (κ1) is 23.0. The van der Waals surface area contributed by atoms with E-state index in [1.54, 1.807) is 66.7 Å². The molecule has 7 heteroatoms. The second kappa shape index (κ2) is 11.1. The molecule has 0 atom stereocenters. The van der Waals surface area contributed by atoms with Gasteiger partial charge in [-0.3, -0.25) is 4.79 Å². The Balaban J connectivity index is 1.68. The van der Waals surface area contributed by atoms with Gasteiger partial charge in [-0.15, -0.1) is 0 Å². The van der Waals surface area contributed by atoms with Crippen molar-refractivity contribution < 1.29 is 19.1 Å². The number of benzene rings is 3. The van der Waals surface area contributed by atoms with Crippen LogP contribution in [0.3, 0.4) is 0 Å². The minimum absolute atomic E-state index is 0.321. The summed E-state index contributed by atoms with van der Waals surface area (Å²) >= 11 is 3.39. The van der Waals surface area contributed by atoms with Crippen molar-refractivity contribution in [3.8, 4) is 11.5 Å². The standard InChI is InChI=1S/C25H21BrN2O4/c1-3-13-31-22-10-7-18(8-11-22)24(29)28-27-16-20-15-21(26)9-12-23(20)32-25(30)19-6-4-5-17(2)14-19/h3-12,14-16H,1,13H2,2H3,(H,28,29)/b27-16-. The van der Waals surface area contributed by atoms with Crippen LogP contribution in [0.25, 0.3) is 0 Å². The summed E-state index contributed by atoms with van der Waals surface area (Å²) in [6, 6.07) is 18.9. The number of nitrogens with zero attached hydrogens (tertiary/aromatic N) is 1. The Kier molecular flexibility index (Phi) is 7.94. The Bertz CT molecular complexity index is 1160. The molecule has 0 aliphatic rings. The Morgan fingerprint density at radius 1 is 1.06 bits per heavy atom. The number of esters is 1. The Morgan fingerprint density at radius 2 is 1.84 bits per heavy atom. The van der Waals surface area contributed by atoms with E-state index < -0.39 is 5.97 Å². The lowest BCUT2D eigenvalue weighted by atomic mass is 10.1. The van der Waals surface area contributed by atoms with E-state index in [-0.39, 0.29) is 5.91 Å². The largest absolute Gasteiger partial charge is 0.490 e. The highest BCUT2D eigenvalue weighted by molar-refractivity contribution is 9.10. The zero-order valence-electron chi connectivity index (χ0n) is 17.4. The van der Waals surface area contributed by atoms with Crippen LogP contribution in [-0.2, 0) is 0 Å². The second-order valence-corrected chi connectivity index (χ2v) is 7.68. The lowest BCUT2D eigenvalue weighted by Gasteiger charge is -2.08. The van der Waals surface area contributed by atoms with Crippen LogP contribution in [0.2, 0.25) is 0 Å². The van der Waals surface area contributed by atoms with Gasteiger partial charge in [0, 0.05) is 15.6 Å². The van der Waals surface area contributed by atoms with Crippen LogP contribution in [0, 0.1) is 6.92 Å². The molecule has 3 aromatic rings. The highest BCUT2D eigenvalue weighted by Gasteiger charge is 2.12. The third-order valence-corrected chi connectivity index (χ3v) is 4.78. The van der Waals surface area contributed by atoms with Crippen LogP contribution >= 0.6 is 15.9 Å². The van der Waals surface area contributed by atoms with E-state index in [1.807, 2.05) is 13.0 Å². The van der Waals surface area contributed by atoms with Crippen LogP contribution in [0.5, 0.6) is 11.5 Å². The number of amides is 1. The number of hydrogen-bond donors (Lipinski definition) is 1. The molecule has 6 nitrogen and oxygen atoms in total. The molecule has 0 bridgehead atoms. The average Bonchev–Trinajstić information content (AvgIpc) is 2.79. The topological polar surface area (TPSA) is 77.0 Å². The molecule has 32 heavy (non-hydrogen) atoms.